The molecule has 0 fully saturated rings. The topological polar surface area (TPSA) is 20.2 Å². The van der Waals surface area contributed by atoms with Gasteiger partial charge < -0.3 is 5.11 Å². The van der Waals surface area contributed by atoms with Crippen LogP contribution in [-0.2, 0) is 0 Å². The third kappa shape index (κ3) is 10.4. The third-order valence-corrected chi connectivity index (χ3v) is 0.865. The molecule has 0 saturated carbocycles. The normalized spacial score (nSPS) is 6.09. The van der Waals surface area contributed by atoms with Crippen molar-refractivity contribution in [2.75, 3.05) is 7.11 Å². The quantitative estimate of drug-likeness (QED) is 0.528. The molecule has 0 amide bonds. The van der Waals surface area contributed by atoms with Gasteiger partial charge in [0, 0.05) is 7.11 Å². The number of aliphatic hydroxyl groups is 1. The van der Waals surface area contributed by atoms with Crippen LogP contribution in [0.2, 0.25) is 0 Å². The molecule has 1 aromatic rings. The van der Waals surface area contributed by atoms with Crippen LogP contribution in [0.1, 0.15) is 5.56 Å². The van der Waals surface area contributed by atoms with Gasteiger partial charge in [-0.3, -0.25) is 0 Å². The number of hydrogen-bond donors (Lipinski definition) is 1. The summed E-state index contributed by atoms with van der Waals surface area (Å²) < 4.78 is 0. The molecule has 0 atom stereocenters. The minimum Gasteiger partial charge on any atom is -0.400 e. The Morgan fingerprint density at radius 1 is 1.27 bits per heavy atom. The molecule has 1 N–H and O–H groups in total. The van der Waals surface area contributed by atoms with Crippen LogP contribution in [-0.4, -0.2) is 35.3 Å². The van der Waals surface area contributed by atoms with E-state index in [9.17, 15) is 0 Å². The Morgan fingerprint density at radius 2 is 1.82 bits per heavy atom. The van der Waals surface area contributed by atoms with Gasteiger partial charge in [0.05, 0.1) is 0 Å². The molecule has 1 nitrogen and oxygen atoms in total. The zero-order chi connectivity index (χ0) is 7.11. The Morgan fingerprint density at radius 3 is 2.00 bits per heavy atom. The number of aliphatic hydroxyl groups excluding tert-OH is 1. The first kappa shape index (κ1) is 17.5. The molecule has 0 unspecified atom stereocenters. The molecule has 3 heteroatoms. The van der Waals surface area contributed by atoms with Crippen molar-refractivity contribution in [1.29, 1.82) is 0 Å². The molecule has 0 saturated heterocycles. The predicted molar refractivity (Wildman–Crippen MR) is 54.2 cm³/mol. The molecular formula is C8H12BrMgO+. The second-order valence-electron chi connectivity index (χ2n) is 1.55. The summed E-state index contributed by atoms with van der Waals surface area (Å²) in [6.45, 7) is 2.03. The molecule has 0 spiro atoms. The van der Waals surface area contributed by atoms with Gasteiger partial charge in [-0.1, -0.05) is 6.92 Å². The molecule has 0 aromatic heterocycles. The van der Waals surface area contributed by atoms with Crippen molar-refractivity contribution < 1.29 is 5.11 Å². The van der Waals surface area contributed by atoms with Gasteiger partial charge in [0.15, 0.2) is 0 Å². The summed E-state index contributed by atoms with van der Waals surface area (Å²) in [5.41, 5.74) is 1.20. The van der Waals surface area contributed by atoms with Crippen molar-refractivity contribution >= 4 is 40.0 Å². The van der Waals surface area contributed by atoms with E-state index in [2.05, 4.69) is 6.07 Å². The van der Waals surface area contributed by atoms with Gasteiger partial charge in [0.1, 0.15) is 0 Å². The monoisotopic (exact) mass is 227 g/mol. The van der Waals surface area contributed by atoms with Crippen molar-refractivity contribution in [3.8, 4) is 0 Å². The van der Waals surface area contributed by atoms with Crippen LogP contribution < -0.4 is 0 Å². The van der Waals surface area contributed by atoms with E-state index in [4.69, 9.17) is 5.11 Å². The summed E-state index contributed by atoms with van der Waals surface area (Å²) in [5, 5.41) is 7.00. The molecule has 1 aromatic carbocycles. The average molecular weight is 228 g/mol. The van der Waals surface area contributed by atoms with E-state index in [-0.39, 0.29) is 40.0 Å². The first-order valence-corrected chi connectivity index (χ1v) is 2.77. The Hall–Kier alpha value is 0.426. The van der Waals surface area contributed by atoms with Crippen LogP contribution >= 0.6 is 17.0 Å². The first-order valence-electron chi connectivity index (χ1n) is 2.77. The second kappa shape index (κ2) is 13.0. The molecule has 0 aliphatic heterocycles. The summed E-state index contributed by atoms with van der Waals surface area (Å²) in [5.74, 6) is 0. The zero-order valence-corrected chi connectivity index (χ0v) is 10.00. The van der Waals surface area contributed by atoms with Gasteiger partial charge in [0.2, 0.25) is 0 Å². The standard InChI is InChI=1S/C7H7.CH4O.BrH.Mg/c1-7-5-3-2-4-6-7;1-2;;/h2-5H,1H3;2H,1H3;1H;/q-1;;;+2. The molecule has 58 valence electrons. The van der Waals surface area contributed by atoms with E-state index >= 15 is 0 Å². The molecule has 0 heterocycles. The summed E-state index contributed by atoms with van der Waals surface area (Å²) in [6, 6.07) is 10.9. The summed E-state index contributed by atoms with van der Waals surface area (Å²) in [4.78, 5) is 0. The van der Waals surface area contributed by atoms with Crippen LogP contribution in [0.3, 0.4) is 0 Å². The van der Waals surface area contributed by atoms with E-state index in [1.807, 2.05) is 31.2 Å². The predicted octanol–water partition coefficient (Wildman–Crippen LogP) is 1.60. The fourth-order valence-corrected chi connectivity index (χ4v) is 0.483. The fourth-order valence-electron chi connectivity index (χ4n) is 0.483. The maximum Gasteiger partial charge on any atom is 2.00 e. The Labute approximate surface area is 94.7 Å². The number of hydrogen-bond acceptors (Lipinski definition) is 1. The number of halogens is 1. The Bertz CT molecular complexity index is 144. The molecule has 0 bridgehead atoms. The minimum atomic E-state index is 0. The number of benzene rings is 1. The van der Waals surface area contributed by atoms with Crippen molar-refractivity contribution in [3.63, 3.8) is 0 Å². The number of rotatable bonds is 0. The van der Waals surface area contributed by atoms with E-state index < -0.39 is 0 Å². The van der Waals surface area contributed by atoms with Crippen molar-refractivity contribution in [2.45, 2.75) is 6.92 Å². The molecule has 0 aliphatic carbocycles. The summed E-state index contributed by atoms with van der Waals surface area (Å²) >= 11 is 0. The fraction of sp³-hybridized carbons (Fsp3) is 0.250. The molecule has 11 heavy (non-hydrogen) atoms. The van der Waals surface area contributed by atoms with E-state index in [1.165, 1.54) is 5.56 Å². The molecule has 0 radical (unpaired) electrons. The zero-order valence-electron chi connectivity index (χ0n) is 6.87. The number of aryl methyl sites for hydroxylation is 1. The Balaban J connectivity index is -0.000000149. The molecule has 1 rings (SSSR count). The van der Waals surface area contributed by atoms with Gasteiger partial charge in [-0.25, -0.2) is 0 Å². The van der Waals surface area contributed by atoms with Crippen LogP contribution in [0, 0.1) is 13.0 Å². The van der Waals surface area contributed by atoms with Crippen LogP contribution in [0.25, 0.3) is 0 Å². The average Bonchev–Trinajstić information content (AvgIpc) is 1.94. The maximum absolute atomic E-state index is 7.00. The summed E-state index contributed by atoms with van der Waals surface area (Å²) in [7, 11) is 1.00. The van der Waals surface area contributed by atoms with Gasteiger partial charge in [-0.05, 0) is 0 Å². The van der Waals surface area contributed by atoms with Crippen LogP contribution in [0.5, 0.6) is 0 Å². The van der Waals surface area contributed by atoms with Crippen molar-refractivity contribution in [1.82, 2.24) is 0 Å². The largest absolute Gasteiger partial charge is 2.00 e. The smallest absolute Gasteiger partial charge is 0.400 e. The van der Waals surface area contributed by atoms with Crippen LogP contribution in [0.15, 0.2) is 24.3 Å². The van der Waals surface area contributed by atoms with E-state index in [1.54, 1.807) is 0 Å². The third-order valence-electron chi connectivity index (χ3n) is 0.865. The maximum atomic E-state index is 7.00. The van der Waals surface area contributed by atoms with Gasteiger partial charge in [0.25, 0.3) is 0 Å². The van der Waals surface area contributed by atoms with Crippen molar-refractivity contribution in [3.05, 3.63) is 35.9 Å². The van der Waals surface area contributed by atoms with Gasteiger partial charge in [-0.2, -0.15) is 35.9 Å². The summed E-state index contributed by atoms with van der Waals surface area (Å²) in [6.07, 6.45) is 0. The van der Waals surface area contributed by atoms with Gasteiger partial charge >= 0.3 is 23.1 Å². The van der Waals surface area contributed by atoms with E-state index in [0.717, 1.165) is 7.11 Å². The first-order chi connectivity index (χ1) is 4.39. The molecule has 0 aliphatic rings. The Kier molecular flexibility index (Phi) is 20.8. The van der Waals surface area contributed by atoms with Crippen LogP contribution in [0.4, 0.5) is 0 Å². The molecular weight excluding hydrogens is 216 g/mol. The SMILES string of the molecule is Br.CO.Cc1[c-]cccc1.[Mg+2]. The van der Waals surface area contributed by atoms with Gasteiger partial charge in [-0.15, -0.1) is 17.0 Å². The minimum absolute atomic E-state index is 0. The van der Waals surface area contributed by atoms with Crippen molar-refractivity contribution in [2.24, 2.45) is 0 Å². The van der Waals surface area contributed by atoms with E-state index in [0.29, 0.717) is 0 Å². The second-order valence-corrected chi connectivity index (χ2v) is 1.55.